The Kier molecular flexibility index (Phi) is 3.29. The number of hydrogen-bond acceptors (Lipinski definition) is 2. The maximum atomic E-state index is 11.8. The van der Waals surface area contributed by atoms with E-state index in [4.69, 9.17) is 4.74 Å². The Bertz CT molecular complexity index is 328. The fraction of sp³-hybridized carbons (Fsp3) is 0.643. The van der Waals surface area contributed by atoms with Crippen molar-refractivity contribution in [2.45, 2.75) is 45.3 Å². The predicted molar refractivity (Wildman–Crippen MR) is 64.1 cm³/mol. The average Bonchev–Trinajstić information content (AvgIpc) is 2.95. The topological polar surface area (TPSA) is 29.6 Å². The SMILES string of the molecule is C=C1/C=C\[C@H](C(C)C)CCC(=O)[C@@H]2O[C@@H]2C1. The second kappa shape index (κ2) is 4.54. The highest BCUT2D eigenvalue weighted by atomic mass is 16.6. The zero-order valence-electron chi connectivity index (χ0n) is 10.1. The van der Waals surface area contributed by atoms with Crippen molar-refractivity contribution in [1.82, 2.24) is 0 Å². The van der Waals surface area contributed by atoms with Crippen LogP contribution in [0.15, 0.2) is 24.3 Å². The molecule has 88 valence electrons. The molecule has 1 aliphatic carbocycles. The first-order chi connectivity index (χ1) is 7.58. The molecule has 0 unspecified atom stereocenters. The Balaban J connectivity index is 2.08. The van der Waals surface area contributed by atoms with Crippen LogP contribution in [-0.2, 0) is 9.53 Å². The van der Waals surface area contributed by atoms with E-state index in [0.29, 0.717) is 18.3 Å². The summed E-state index contributed by atoms with van der Waals surface area (Å²) in [5.74, 6) is 1.34. The van der Waals surface area contributed by atoms with Crippen molar-refractivity contribution >= 4 is 5.78 Å². The van der Waals surface area contributed by atoms with Gasteiger partial charge in [-0.2, -0.15) is 0 Å². The van der Waals surface area contributed by atoms with Crippen LogP contribution in [-0.4, -0.2) is 18.0 Å². The second-order valence-corrected chi connectivity index (χ2v) is 5.23. The fourth-order valence-electron chi connectivity index (χ4n) is 2.27. The molecule has 0 radical (unpaired) electrons. The molecule has 0 amide bonds. The van der Waals surface area contributed by atoms with Gasteiger partial charge < -0.3 is 4.74 Å². The number of ketones is 1. The van der Waals surface area contributed by atoms with Crippen LogP contribution < -0.4 is 0 Å². The molecule has 1 aliphatic heterocycles. The van der Waals surface area contributed by atoms with Crippen LogP contribution in [0.5, 0.6) is 0 Å². The molecule has 1 heterocycles. The molecule has 1 saturated heterocycles. The molecule has 0 spiro atoms. The molecular weight excluding hydrogens is 200 g/mol. The van der Waals surface area contributed by atoms with Gasteiger partial charge in [0.2, 0.25) is 0 Å². The number of allylic oxidation sites excluding steroid dienone is 2. The lowest BCUT2D eigenvalue weighted by Crippen LogP contribution is -2.15. The normalized spacial score (nSPS) is 37.1. The van der Waals surface area contributed by atoms with Crippen LogP contribution in [0.25, 0.3) is 0 Å². The van der Waals surface area contributed by atoms with Crippen molar-refractivity contribution in [3.63, 3.8) is 0 Å². The van der Waals surface area contributed by atoms with Crippen molar-refractivity contribution < 1.29 is 9.53 Å². The molecule has 16 heavy (non-hydrogen) atoms. The maximum absolute atomic E-state index is 11.8. The van der Waals surface area contributed by atoms with Crippen LogP contribution in [0.4, 0.5) is 0 Å². The number of hydrogen-bond donors (Lipinski definition) is 0. The van der Waals surface area contributed by atoms with E-state index in [1.165, 1.54) is 0 Å². The van der Waals surface area contributed by atoms with Gasteiger partial charge in [0.15, 0.2) is 5.78 Å². The molecule has 0 aromatic carbocycles. The molecule has 0 N–H and O–H groups in total. The van der Waals surface area contributed by atoms with Gasteiger partial charge in [0.05, 0.1) is 6.10 Å². The van der Waals surface area contributed by atoms with Crippen LogP contribution >= 0.6 is 0 Å². The molecular formula is C14H20O2. The minimum Gasteiger partial charge on any atom is -0.361 e. The molecule has 0 aromatic heterocycles. The maximum Gasteiger partial charge on any atom is 0.164 e. The van der Waals surface area contributed by atoms with Crippen molar-refractivity contribution in [2.24, 2.45) is 11.8 Å². The quantitative estimate of drug-likeness (QED) is 0.636. The first kappa shape index (κ1) is 11.6. The van der Waals surface area contributed by atoms with Crippen LogP contribution in [0.3, 0.4) is 0 Å². The number of Topliss-reactive ketones (excluding diaryl/α,β-unsaturated/α-hetero) is 1. The summed E-state index contributed by atoms with van der Waals surface area (Å²) in [5, 5.41) is 0. The van der Waals surface area contributed by atoms with E-state index in [0.717, 1.165) is 18.4 Å². The standard InChI is InChI=1S/C14H20O2/c1-9(2)11-5-4-10(3)8-13-14(16-13)12(15)7-6-11/h4-5,9,11,13-14H,3,6-8H2,1-2H3/b5-4-/t11-,13+,14-/m0/s1. The molecule has 0 saturated carbocycles. The van der Waals surface area contributed by atoms with E-state index < -0.39 is 0 Å². The summed E-state index contributed by atoms with van der Waals surface area (Å²) in [7, 11) is 0. The summed E-state index contributed by atoms with van der Waals surface area (Å²) in [5.41, 5.74) is 1.08. The second-order valence-electron chi connectivity index (χ2n) is 5.23. The average molecular weight is 220 g/mol. The van der Waals surface area contributed by atoms with E-state index in [1.54, 1.807) is 0 Å². The Hall–Kier alpha value is -0.890. The minimum absolute atomic E-state index is 0.111. The summed E-state index contributed by atoms with van der Waals surface area (Å²) in [6.07, 6.45) is 6.70. The predicted octanol–water partition coefficient (Wildman–Crippen LogP) is 2.89. The zero-order valence-corrected chi connectivity index (χ0v) is 10.1. The van der Waals surface area contributed by atoms with Gasteiger partial charge in [-0.3, -0.25) is 4.79 Å². The van der Waals surface area contributed by atoms with Gasteiger partial charge in [0.25, 0.3) is 0 Å². The third-order valence-electron chi connectivity index (χ3n) is 3.52. The fourth-order valence-corrected chi connectivity index (χ4v) is 2.27. The van der Waals surface area contributed by atoms with Gasteiger partial charge >= 0.3 is 0 Å². The van der Waals surface area contributed by atoms with Gasteiger partial charge in [0, 0.05) is 12.8 Å². The lowest BCUT2D eigenvalue weighted by molar-refractivity contribution is -0.120. The number of rotatable bonds is 1. The first-order valence-corrected chi connectivity index (χ1v) is 6.12. The third-order valence-corrected chi connectivity index (χ3v) is 3.52. The minimum atomic E-state index is -0.129. The van der Waals surface area contributed by atoms with E-state index in [2.05, 4.69) is 32.6 Å². The third kappa shape index (κ3) is 2.62. The number of epoxide rings is 1. The summed E-state index contributed by atoms with van der Waals surface area (Å²) < 4.78 is 5.38. The highest BCUT2D eigenvalue weighted by Gasteiger charge is 2.44. The summed E-state index contributed by atoms with van der Waals surface area (Å²) in [6.45, 7) is 8.40. The van der Waals surface area contributed by atoms with Gasteiger partial charge in [-0.1, -0.05) is 38.2 Å². The van der Waals surface area contributed by atoms with Crippen molar-refractivity contribution in [1.29, 1.82) is 0 Å². The molecule has 2 nitrogen and oxygen atoms in total. The van der Waals surface area contributed by atoms with Gasteiger partial charge in [-0.15, -0.1) is 0 Å². The van der Waals surface area contributed by atoms with Gasteiger partial charge in [-0.05, 0) is 18.3 Å². The van der Waals surface area contributed by atoms with E-state index in [9.17, 15) is 4.79 Å². The Morgan fingerprint density at radius 3 is 2.94 bits per heavy atom. The highest BCUT2D eigenvalue weighted by Crippen LogP contribution is 2.33. The van der Waals surface area contributed by atoms with E-state index >= 15 is 0 Å². The smallest absolute Gasteiger partial charge is 0.164 e. The van der Waals surface area contributed by atoms with Crippen molar-refractivity contribution in [3.8, 4) is 0 Å². The van der Waals surface area contributed by atoms with Gasteiger partial charge in [0.1, 0.15) is 6.10 Å². The van der Waals surface area contributed by atoms with Crippen LogP contribution in [0.2, 0.25) is 0 Å². The highest BCUT2D eigenvalue weighted by molar-refractivity contribution is 5.86. The summed E-state index contributed by atoms with van der Waals surface area (Å²) >= 11 is 0. The lowest BCUT2D eigenvalue weighted by Gasteiger charge is -2.17. The molecule has 1 fully saturated rings. The Morgan fingerprint density at radius 1 is 1.50 bits per heavy atom. The van der Waals surface area contributed by atoms with Gasteiger partial charge in [-0.25, -0.2) is 0 Å². The number of fused-ring (bicyclic) bond motifs is 1. The molecule has 0 aromatic rings. The lowest BCUT2D eigenvalue weighted by atomic mass is 9.88. The molecule has 0 bridgehead atoms. The number of carbonyl (C=O) groups is 1. The summed E-state index contributed by atoms with van der Waals surface area (Å²) in [4.78, 5) is 11.8. The van der Waals surface area contributed by atoms with Crippen molar-refractivity contribution in [2.75, 3.05) is 0 Å². The van der Waals surface area contributed by atoms with E-state index in [-0.39, 0.29) is 18.0 Å². The van der Waals surface area contributed by atoms with E-state index in [1.807, 2.05) is 0 Å². The molecule has 2 rings (SSSR count). The van der Waals surface area contributed by atoms with Crippen molar-refractivity contribution in [3.05, 3.63) is 24.3 Å². The van der Waals surface area contributed by atoms with Crippen LogP contribution in [0.1, 0.15) is 33.1 Å². The van der Waals surface area contributed by atoms with Crippen LogP contribution in [0, 0.1) is 11.8 Å². The molecule has 2 aliphatic rings. The first-order valence-electron chi connectivity index (χ1n) is 6.12. The number of carbonyl (C=O) groups excluding carboxylic acids is 1. The zero-order chi connectivity index (χ0) is 11.7. The summed E-state index contributed by atoms with van der Waals surface area (Å²) in [6, 6.07) is 0. The Morgan fingerprint density at radius 2 is 2.25 bits per heavy atom. The number of ether oxygens (including phenoxy) is 1. The Labute approximate surface area is 97.4 Å². The molecule has 2 heteroatoms. The molecule has 3 atom stereocenters. The largest absolute Gasteiger partial charge is 0.361 e. The monoisotopic (exact) mass is 220 g/mol.